The summed E-state index contributed by atoms with van der Waals surface area (Å²) in [6.07, 6.45) is 11.6. The van der Waals surface area contributed by atoms with Crippen LogP contribution in [-0.4, -0.2) is 11.6 Å². The Hall–Kier alpha value is -1.18. The molecule has 136 valence electrons. The maximum Gasteiger partial charge on any atom is 0.178 e. The predicted molar refractivity (Wildman–Crippen MR) is 100.0 cm³/mol. The van der Waals surface area contributed by atoms with Crippen LogP contribution in [0.5, 0.6) is 0 Å². The molecule has 0 aromatic heterocycles. The fourth-order valence-corrected chi connectivity index (χ4v) is 7.53. The molecule has 0 spiro atoms. The molecule has 4 aliphatic carbocycles. The summed E-state index contributed by atoms with van der Waals surface area (Å²) in [5, 5.41) is 0. The molecule has 3 fully saturated rings. The molecule has 0 aromatic rings. The summed E-state index contributed by atoms with van der Waals surface area (Å²) in [6.45, 7) is 11.1. The Labute approximate surface area is 152 Å². The van der Waals surface area contributed by atoms with Crippen molar-refractivity contribution in [2.24, 2.45) is 39.9 Å². The summed E-state index contributed by atoms with van der Waals surface area (Å²) in [6, 6.07) is 0. The largest absolute Gasteiger partial charge is 0.299 e. The number of carbonyl (C=O) groups is 2. The van der Waals surface area contributed by atoms with E-state index in [0.717, 1.165) is 12.8 Å². The van der Waals surface area contributed by atoms with Crippen molar-refractivity contribution in [2.45, 2.75) is 66.7 Å². The third-order valence-corrected chi connectivity index (χ3v) is 9.46. The molecule has 0 N–H and O–H groups in total. The van der Waals surface area contributed by atoms with E-state index in [1.807, 2.05) is 13.0 Å². The van der Waals surface area contributed by atoms with Crippen molar-refractivity contribution in [3.8, 4) is 0 Å². The number of carbonyl (C=O) groups excluding carboxylic acids is 2. The SMILES string of the molecule is CC(=O)[C@]1(C)[C@@H](C)C[C@@H]2[C@H]3CCC4=CC(=O)C=C[C@@]4(C)[C@@H]3CC[C@]21C. The molecule has 0 unspecified atom stereocenters. The summed E-state index contributed by atoms with van der Waals surface area (Å²) in [4.78, 5) is 24.5. The molecular weight excluding hydrogens is 308 g/mol. The highest BCUT2D eigenvalue weighted by Crippen LogP contribution is 2.70. The van der Waals surface area contributed by atoms with Crippen LogP contribution in [0.25, 0.3) is 0 Å². The number of Topliss-reactive ketones (excluding diaryl/α,β-unsaturated/α-hetero) is 1. The molecule has 0 aliphatic heterocycles. The minimum absolute atomic E-state index is 0.0522. The van der Waals surface area contributed by atoms with Crippen LogP contribution in [0.4, 0.5) is 0 Å². The van der Waals surface area contributed by atoms with Gasteiger partial charge in [0.2, 0.25) is 0 Å². The smallest absolute Gasteiger partial charge is 0.178 e. The quantitative estimate of drug-likeness (QED) is 0.662. The molecule has 2 heteroatoms. The molecule has 0 saturated heterocycles. The van der Waals surface area contributed by atoms with Gasteiger partial charge in [-0.15, -0.1) is 0 Å². The second kappa shape index (κ2) is 5.18. The average molecular weight is 341 g/mol. The van der Waals surface area contributed by atoms with E-state index in [9.17, 15) is 9.59 Å². The molecule has 25 heavy (non-hydrogen) atoms. The molecule has 0 bridgehead atoms. The normalized spacial score (nSPS) is 51.4. The number of fused-ring (bicyclic) bond motifs is 5. The first-order valence-electron chi connectivity index (χ1n) is 10.1. The zero-order chi connectivity index (χ0) is 18.2. The first-order valence-corrected chi connectivity index (χ1v) is 10.1. The summed E-state index contributed by atoms with van der Waals surface area (Å²) < 4.78 is 0. The highest BCUT2D eigenvalue weighted by molar-refractivity contribution is 6.01. The van der Waals surface area contributed by atoms with Crippen LogP contribution in [-0.2, 0) is 9.59 Å². The zero-order valence-electron chi connectivity index (χ0n) is 16.4. The lowest BCUT2D eigenvalue weighted by Gasteiger charge is -2.58. The van der Waals surface area contributed by atoms with E-state index in [0.29, 0.717) is 29.5 Å². The Morgan fingerprint density at radius 2 is 1.88 bits per heavy atom. The topological polar surface area (TPSA) is 34.1 Å². The first-order chi connectivity index (χ1) is 11.6. The Balaban J connectivity index is 1.74. The zero-order valence-corrected chi connectivity index (χ0v) is 16.4. The standard InChI is InChI=1S/C23H32O2/c1-14-12-20-18-7-6-16-13-17(25)8-10-21(16,3)19(18)9-11-22(20,4)23(14,5)15(2)24/h8,10,13-14,18-20H,6-7,9,11-12H2,1-5H3/t14-,18-,19+,20+,21+,22+,23-/m0/s1. The van der Waals surface area contributed by atoms with Crippen molar-refractivity contribution in [3.05, 3.63) is 23.8 Å². The lowest BCUT2D eigenvalue weighted by atomic mass is 9.45. The molecule has 0 heterocycles. The van der Waals surface area contributed by atoms with Crippen LogP contribution in [0.1, 0.15) is 66.7 Å². The fraction of sp³-hybridized carbons (Fsp3) is 0.739. The molecule has 4 aliphatic rings. The van der Waals surface area contributed by atoms with E-state index in [4.69, 9.17) is 0 Å². The molecule has 7 atom stereocenters. The second-order valence-electron chi connectivity index (χ2n) is 9.95. The Kier molecular flexibility index (Phi) is 3.57. The van der Waals surface area contributed by atoms with E-state index in [-0.39, 0.29) is 22.0 Å². The van der Waals surface area contributed by atoms with E-state index < -0.39 is 0 Å². The third-order valence-electron chi connectivity index (χ3n) is 9.46. The highest BCUT2D eigenvalue weighted by Gasteiger charge is 2.66. The molecule has 3 saturated carbocycles. The predicted octanol–water partition coefficient (Wildman–Crippen LogP) is 5.14. The van der Waals surface area contributed by atoms with Crippen LogP contribution in [0.3, 0.4) is 0 Å². The number of hydrogen-bond acceptors (Lipinski definition) is 2. The molecule has 2 nitrogen and oxygen atoms in total. The number of hydrogen-bond donors (Lipinski definition) is 0. The molecule has 0 amide bonds. The number of ketones is 2. The van der Waals surface area contributed by atoms with E-state index >= 15 is 0 Å². The number of allylic oxidation sites excluding steroid dienone is 4. The van der Waals surface area contributed by atoms with Gasteiger partial charge >= 0.3 is 0 Å². The van der Waals surface area contributed by atoms with Gasteiger partial charge in [0.15, 0.2) is 5.78 Å². The average Bonchev–Trinajstić information content (AvgIpc) is 2.77. The van der Waals surface area contributed by atoms with E-state index in [1.165, 1.54) is 24.8 Å². The maximum absolute atomic E-state index is 12.7. The molecule has 0 radical (unpaired) electrons. The van der Waals surface area contributed by atoms with Gasteiger partial charge in [-0.1, -0.05) is 39.3 Å². The van der Waals surface area contributed by atoms with Crippen molar-refractivity contribution in [2.75, 3.05) is 0 Å². The fourth-order valence-electron chi connectivity index (χ4n) is 7.53. The monoisotopic (exact) mass is 340 g/mol. The highest BCUT2D eigenvalue weighted by atomic mass is 16.1. The minimum atomic E-state index is -0.183. The van der Waals surface area contributed by atoms with Crippen molar-refractivity contribution < 1.29 is 9.59 Å². The van der Waals surface area contributed by atoms with Gasteiger partial charge in [-0.3, -0.25) is 9.59 Å². The van der Waals surface area contributed by atoms with Gasteiger partial charge in [0.25, 0.3) is 0 Å². The molecule has 4 rings (SSSR count). The summed E-state index contributed by atoms with van der Waals surface area (Å²) in [5.41, 5.74) is 1.35. The van der Waals surface area contributed by atoms with Gasteiger partial charge in [0, 0.05) is 10.8 Å². The Morgan fingerprint density at radius 1 is 1.16 bits per heavy atom. The minimum Gasteiger partial charge on any atom is -0.299 e. The summed E-state index contributed by atoms with van der Waals surface area (Å²) in [5.74, 6) is 2.95. The van der Waals surface area contributed by atoms with Crippen molar-refractivity contribution >= 4 is 11.6 Å². The van der Waals surface area contributed by atoms with Gasteiger partial charge in [-0.2, -0.15) is 0 Å². The Bertz CT molecular complexity index is 701. The lowest BCUT2D eigenvalue weighted by Crippen LogP contribution is -2.53. The molecular formula is C23H32O2. The van der Waals surface area contributed by atoms with Crippen LogP contribution in [0, 0.1) is 39.9 Å². The van der Waals surface area contributed by atoms with Crippen LogP contribution in [0.2, 0.25) is 0 Å². The summed E-state index contributed by atoms with van der Waals surface area (Å²) >= 11 is 0. The third kappa shape index (κ3) is 1.97. The van der Waals surface area contributed by atoms with Gasteiger partial charge < -0.3 is 0 Å². The van der Waals surface area contributed by atoms with Crippen LogP contribution >= 0.6 is 0 Å². The van der Waals surface area contributed by atoms with Gasteiger partial charge in [-0.25, -0.2) is 0 Å². The van der Waals surface area contributed by atoms with Crippen LogP contribution < -0.4 is 0 Å². The Morgan fingerprint density at radius 3 is 2.56 bits per heavy atom. The van der Waals surface area contributed by atoms with E-state index in [1.54, 1.807) is 6.08 Å². The van der Waals surface area contributed by atoms with Gasteiger partial charge in [0.1, 0.15) is 5.78 Å². The van der Waals surface area contributed by atoms with Crippen molar-refractivity contribution in [3.63, 3.8) is 0 Å². The van der Waals surface area contributed by atoms with E-state index in [2.05, 4.69) is 33.8 Å². The van der Waals surface area contributed by atoms with Gasteiger partial charge in [0.05, 0.1) is 0 Å². The van der Waals surface area contributed by atoms with Crippen molar-refractivity contribution in [1.29, 1.82) is 0 Å². The second-order valence-corrected chi connectivity index (χ2v) is 9.95. The van der Waals surface area contributed by atoms with Gasteiger partial charge in [-0.05, 0) is 80.3 Å². The number of rotatable bonds is 1. The summed E-state index contributed by atoms with van der Waals surface area (Å²) in [7, 11) is 0. The first kappa shape index (κ1) is 17.2. The molecule has 0 aromatic carbocycles. The van der Waals surface area contributed by atoms with Crippen molar-refractivity contribution in [1.82, 2.24) is 0 Å². The lowest BCUT2D eigenvalue weighted by molar-refractivity contribution is -0.140. The van der Waals surface area contributed by atoms with Crippen LogP contribution in [0.15, 0.2) is 23.8 Å². The maximum atomic E-state index is 12.7.